The molecule has 1 rings (SSSR count). The van der Waals surface area contributed by atoms with Crippen molar-refractivity contribution in [3.63, 3.8) is 0 Å². The minimum atomic E-state index is -0.495. The highest BCUT2D eigenvalue weighted by Crippen LogP contribution is 2.28. The number of hydrogen-bond donors (Lipinski definition) is 2. The number of halogens is 1. The molecule has 0 fully saturated rings. The van der Waals surface area contributed by atoms with E-state index in [1.54, 1.807) is 7.11 Å². The minimum absolute atomic E-state index is 0.345. The molecular weight excluding hydrogens is 270 g/mol. The predicted octanol–water partition coefficient (Wildman–Crippen LogP) is 2.62. The highest BCUT2D eigenvalue weighted by molar-refractivity contribution is 9.10. The highest BCUT2D eigenvalue weighted by Gasteiger charge is 2.16. The first-order valence-electron chi connectivity index (χ1n) is 5.37. The summed E-state index contributed by atoms with van der Waals surface area (Å²) in [7, 11) is 1.62. The first kappa shape index (κ1) is 13.5. The number of rotatable bonds is 5. The van der Waals surface area contributed by atoms with Crippen LogP contribution in [-0.2, 0) is 0 Å². The van der Waals surface area contributed by atoms with E-state index in [1.807, 2.05) is 25.1 Å². The minimum Gasteiger partial charge on any atom is -0.496 e. The van der Waals surface area contributed by atoms with E-state index >= 15 is 0 Å². The second-order valence-electron chi connectivity index (χ2n) is 3.78. The molecule has 0 amide bonds. The van der Waals surface area contributed by atoms with Crippen LogP contribution in [0.4, 0.5) is 0 Å². The number of ether oxygens (including phenoxy) is 1. The lowest BCUT2D eigenvalue weighted by atomic mass is 9.99. The van der Waals surface area contributed by atoms with Gasteiger partial charge in [0.1, 0.15) is 5.75 Å². The molecule has 0 aliphatic carbocycles. The second-order valence-corrected chi connectivity index (χ2v) is 4.63. The maximum absolute atomic E-state index is 9.82. The molecular formula is C12H18BrNO2. The van der Waals surface area contributed by atoms with Crippen molar-refractivity contribution in [1.82, 2.24) is 0 Å². The number of nitrogens with two attached hydrogens (primary N) is 1. The summed E-state index contributed by atoms with van der Waals surface area (Å²) in [6, 6.07) is 5.27. The summed E-state index contributed by atoms with van der Waals surface area (Å²) in [5.41, 5.74) is 6.88. The predicted molar refractivity (Wildman–Crippen MR) is 68.5 cm³/mol. The van der Waals surface area contributed by atoms with Gasteiger partial charge in [0.15, 0.2) is 0 Å². The lowest BCUT2D eigenvalue weighted by Crippen LogP contribution is -2.25. The molecule has 4 heteroatoms. The van der Waals surface area contributed by atoms with Gasteiger partial charge in [-0.1, -0.05) is 19.4 Å². The van der Waals surface area contributed by atoms with Crippen LogP contribution in [0.1, 0.15) is 31.4 Å². The van der Waals surface area contributed by atoms with Crippen LogP contribution in [0.2, 0.25) is 0 Å². The van der Waals surface area contributed by atoms with Crippen LogP contribution in [0.25, 0.3) is 0 Å². The van der Waals surface area contributed by atoms with E-state index in [1.165, 1.54) is 0 Å². The molecule has 1 aromatic carbocycles. The van der Waals surface area contributed by atoms with Crippen molar-refractivity contribution in [2.75, 3.05) is 7.11 Å². The zero-order chi connectivity index (χ0) is 12.1. The van der Waals surface area contributed by atoms with Gasteiger partial charge in [-0.2, -0.15) is 0 Å². The second kappa shape index (κ2) is 6.23. The molecule has 2 atom stereocenters. The zero-order valence-corrected chi connectivity index (χ0v) is 11.2. The summed E-state index contributed by atoms with van der Waals surface area (Å²) in [4.78, 5) is 0. The Kier molecular flexibility index (Phi) is 5.25. The fourth-order valence-corrected chi connectivity index (χ4v) is 2.15. The smallest absolute Gasteiger partial charge is 0.133 e. The van der Waals surface area contributed by atoms with Crippen molar-refractivity contribution in [3.05, 3.63) is 28.2 Å². The third-order valence-corrected chi connectivity index (χ3v) is 3.18. The monoisotopic (exact) mass is 287 g/mol. The summed E-state index contributed by atoms with van der Waals surface area (Å²) in [5, 5.41) is 9.82. The molecule has 0 radical (unpaired) electrons. The normalized spacial score (nSPS) is 14.6. The maximum Gasteiger partial charge on any atom is 0.133 e. The van der Waals surface area contributed by atoms with Crippen molar-refractivity contribution in [2.24, 2.45) is 5.73 Å². The van der Waals surface area contributed by atoms with E-state index in [0.29, 0.717) is 6.42 Å². The lowest BCUT2D eigenvalue weighted by Gasteiger charge is -2.19. The highest BCUT2D eigenvalue weighted by atomic mass is 79.9. The van der Waals surface area contributed by atoms with Gasteiger partial charge in [0, 0.05) is 0 Å². The van der Waals surface area contributed by atoms with E-state index in [2.05, 4.69) is 15.9 Å². The average molecular weight is 288 g/mol. The van der Waals surface area contributed by atoms with Crippen LogP contribution in [0.3, 0.4) is 0 Å². The molecule has 0 bridgehead atoms. The van der Waals surface area contributed by atoms with Crippen molar-refractivity contribution in [3.8, 4) is 5.75 Å². The lowest BCUT2D eigenvalue weighted by molar-refractivity contribution is 0.134. The molecule has 16 heavy (non-hydrogen) atoms. The van der Waals surface area contributed by atoms with Gasteiger partial charge in [-0.3, -0.25) is 0 Å². The molecule has 3 N–H and O–H groups in total. The molecule has 0 unspecified atom stereocenters. The Morgan fingerprint density at radius 2 is 2.19 bits per heavy atom. The molecule has 3 nitrogen and oxygen atoms in total. The Bertz CT molecular complexity index is 344. The molecule has 90 valence electrons. The zero-order valence-electron chi connectivity index (χ0n) is 9.61. The molecule has 0 aliphatic heterocycles. The van der Waals surface area contributed by atoms with Crippen LogP contribution in [0, 0.1) is 0 Å². The van der Waals surface area contributed by atoms with Crippen LogP contribution in [-0.4, -0.2) is 18.3 Å². The summed E-state index contributed by atoms with van der Waals surface area (Å²) >= 11 is 3.40. The van der Waals surface area contributed by atoms with E-state index in [0.717, 1.165) is 22.2 Å². The molecule has 0 aromatic heterocycles. The van der Waals surface area contributed by atoms with Gasteiger partial charge in [-0.05, 0) is 40.0 Å². The van der Waals surface area contributed by atoms with Gasteiger partial charge in [0.2, 0.25) is 0 Å². The fraction of sp³-hybridized carbons (Fsp3) is 0.500. The largest absolute Gasteiger partial charge is 0.496 e. The third-order valence-electron chi connectivity index (χ3n) is 2.56. The quantitative estimate of drug-likeness (QED) is 0.875. The van der Waals surface area contributed by atoms with Gasteiger partial charge in [-0.25, -0.2) is 0 Å². The first-order chi connectivity index (χ1) is 7.60. The van der Waals surface area contributed by atoms with Crippen molar-refractivity contribution < 1.29 is 9.84 Å². The van der Waals surface area contributed by atoms with Gasteiger partial charge >= 0.3 is 0 Å². The Morgan fingerprint density at radius 1 is 1.50 bits per heavy atom. The first-order valence-corrected chi connectivity index (χ1v) is 6.16. The van der Waals surface area contributed by atoms with E-state index in [4.69, 9.17) is 10.5 Å². The van der Waals surface area contributed by atoms with E-state index in [-0.39, 0.29) is 6.04 Å². The van der Waals surface area contributed by atoms with Crippen molar-refractivity contribution in [2.45, 2.75) is 31.9 Å². The number of hydrogen-bond acceptors (Lipinski definition) is 3. The molecule has 0 spiro atoms. The topological polar surface area (TPSA) is 55.5 Å². The standard InChI is InChI=1S/C12H18BrNO2/c1-3-4-10(15)12(14)8-5-6-11(16-2)9(13)7-8/h5-7,10,12,15H,3-4,14H2,1-2H3/t10-,12+/m1/s1. The Labute approximate surface area is 105 Å². The summed E-state index contributed by atoms with van der Waals surface area (Å²) in [5.74, 6) is 0.765. The maximum atomic E-state index is 9.82. The number of aliphatic hydroxyl groups excluding tert-OH is 1. The molecule has 0 saturated carbocycles. The fourth-order valence-electron chi connectivity index (χ4n) is 1.59. The molecule has 0 heterocycles. The Hall–Kier alpha value is -0.580. The van der Waals surface area contributed by atoms with Gasteiger partial charge < -0.3 is 15.6 Å². The van der Waals surface area contributed by atoms with Crippen LogP contribution >= 0.6 is 15.9 Å². The van der Waals surface area contributed by atoms with Gasteiger partial charge in [0.25, 0.3) is 0 Å². The Morgan fingerprint density at radius 3 is 2.69 bits per heavy atom. The van der Waals surface area contributed by atoms with Crippen LogP contribution in [0.5, 0.6) is 5.75 Å². The van der Waals surface area contributed by atoms with Crippen LogP contribution in [0.15, 0.2) is 22.7 Å². The van der Waals surface area contributed by atoms with Crippen LogP contribution < -0.4 is 10.5 Å². The van der Waals surface area contributed by atoms with Gasteiger partial charge in [-0.15, -0.1) is 0 Å². The Balaban J connectivity index is 2.84. The molecule has 0 saturated heterocycles. The third kappa shape index (κ3) is 3.20. The van der Waals surface area contributed by atoms with Gasteiger partial charge in [0.05, 0.1) is 23.7 Å². The number of benzene rings is 1. The van der Waals surface area contributed by atoms with E-state index in [9.17, 15) is 5.11 Å². The molecule has 0 aliphatic rings. The van der Waals surface area contributed by atoms with E-state index < -0.39 is 6.10 Å². The number of methoxy groups -OCH3 is 1. The summed E-state index contributed by atoms with van der Waals surface area (Å²) < 4.78 is 5.99. The van der Waals surface area contributed by atoms with Crippen molar-refractivity contribution >= 4 is 15.9 Å². The summed E-state index contributed by atoms with van der Waals surface area (Å²) in [6.07, 6.45) is 1.14. The summed E-state index contributed by atoms with van der Waals surface area (Å²) in [6.45, 7) is 2.03. The SMILES string of the molecule is CCC[C@@H](O)[C@@H](N)c1ccc(OC)c(Br)c1. The number of aliphatic hydroxyl groups is 1. The average Bonchev–Trinajstić information content (AvgIpc) is 2.28. The van der Waals surface area contributed by atoms with Crippen molar-refractivity contribution in [1.29, 1.82) is 0 Å². The molecule has 1 aromatic rings.